The lowest BCUT2D eigenvalue weighted by Gasteiger charge is -2.07. The topological polar surface area (TPSA) is 71.0 Å². The van der Waals surface area contributed by atoms with E-state index in [1.807, 2.05) is 42.7 Å². The van der Waals surface area contributed by atoms with Gasteiger partial charge in [0.25, 0.3) is 5.91 Å². The number of carbonyl (C=O) groups is 1. The first kappa shape index (κ1) is 18.2. The van der Waals surface area contributed by atoms with Crippen molar-refractivity contribution in [1.82, 2.24) is 4.57 Å². The number of benzene rings is 1. The minimum atomic E-state index is -0.654. The van der Waals surface area contributed by atoms with Crippen LogP contribution in [0.2, 0.25) is 0 Å². The molecule has 0 saturated heterocycles. The van der Waals surface area contributed by atoms with Crippen molar-refractivity contribution in [3.63, 3.8) is 0 Å². The molecule has 27 heavy (non-hydrogen) atoms. The molecule has 1 N–H and O–H groups in total. The normalized spacial score (nSPS) is 11.3. The number of rotatable bonds is 5. The average Bonchev–Trinajstić information content (AvgIpc) is 3.25. The molecule has 0 atom stereocenters. The van der Waals surface area contributed by atoms with Gasteiger partial charge in [-0.25, -0.2) is 4.39 Å². The second kappa shape index (κ2) is 7.75. The lowest BCUT2D eigenvalue weighted by molar-refractivity contribution is -0.112. The largest absolute Gasteiger partial charge is 0.467 e. The molecule has 0 bridgehead atoms. The molecule has 1 amide bonds. The average molecular weight is 363 g/mol. The van der Waals surface area contributed by atoms with Gasteiger partial charge in [-0.1, -0.05) is 12.1 Å². The van der Waals surface area contributed by atoms with Crippen molar-refractivity contribution < 1.29 is 13.6 Å². The van der Waals surface area contributed by atoms with Crippen LogP contribution in [0.4, 0.5) is 10.1 Å². The first-order valence-electron chi connectivity index (χ1n) is 8.36. The Bertz CT molecular complexity index is 1040. The van der Waals surface area contributed by atoms with Gasteiger partial charge in [-0.15, -0.1) is 0 Å². The van der Waals surface area contributed by atoms with E-state index in [1.54, 1.807) is 12.3 Å². The molecule has 136 valence electrons. The molecule has 0 aliphatic rings. The summed E-state index contributed by atoms with van der Waals surface area (Å²) in [6.45, 7) is 4.41. The van der Waals surface area contributed by atoms with Crippen LogP contribution in [-0.2, 0) is 11.3 Å². The summed E-state index contributed by atoms with van der Waals surface area (Å²) >= 11 is 0. The Morgan fingerprint density at radius 3 is 2.74 bits per heavy atom. The van der Waals surface area contributed by atoms with Gasteiger partial charge in [0.05, 0.1) is 18.5 Å². The molecule has 0 saturated carbocycles. The van der Waals surface area contributed by atoms with Crippen LogP contribution in [0.1, 0.15) is 22.7 Å². The predicted molar refractivity (Wildman–Crippen MR) is 100 cm³/mol. The number of para-hydroxylation sites is 1. The van der Waals surface area contributed by atoms with Crippen LogP contribution < -0.4 is 5.32 Å². The van der Waals surface area contributed by atoms with Crippen LogP contribution in [0.5, 0.6) is 0 Å². The zero-order valence-corrected chi connectivity index (χ0v) is 15.0. The second-order valence-electron chi connectivity index (χ2n) is 6.10. The summed E-state index contributed by atoms with van der Waals surface area (Å²) < 4.78 is 21.1. The summed E-state index contributed by atoms with van der Waals surface area (Å²) in [7, 11) is 0. The molecule has 5 nitrogen and oxygen atoms in total. The van der Waals surface area contributed by atoms with Crippen molar-refractivity contribution >= 4 is 17.7 Å². The Labute approximate surface area is 156 Å². The minimum Gasteiger partial charge on any atom is -0.467 e. The number of hydrogen-bond acceptors (Lipinski definition) is 3. The maximum Gasteiger partial charge on any atom is 0.266 e. The van der Waals surface area contributed by atoms with Crippen LogP contribution in [0.25, 0.3) is 6.08 Å². The van der Waals surface area contributed by atoms with Crippen molar-refractivity contribution in [3.8, 4) is 6.07 Å². The highest BCUT2D eigenvalue weighted by atomic mass is 19.1. The quantitative estimate of drug-likeness (QED) is 0.538. The van der Waals surface area contributed by atoms with E-state index in [-0.39, 0.29) is 11.3 Å². The van der Waals surface area contributed by atoms with Crippen LogP contribution in [0, 0.1) is 31.0 Å². The van der Waals surface area contributed by atoms with Gasteiger partial charge in [0.2, 0.25) is 0 Å². The van der Waals surface area contributed by atoms with E-state index >= 15 is 0 Å². The highest BCUT2D eigenvalue weighted by Crippen LogP contribution is 2.21. The molecule has 6 heteroatoms. The standard InChI is InChI=1S/C21H18FN3O2/c1-14-10-16(15(2)25(14)13-18-6-5-9-27-18)11-17(12-23)21(26)24-20-8-4-3-7-19(20)22/h3-11H,13H2,1-2H3,(H,24,26)/b17-11+. The van der Waals surface area contributed by atoms with E-state index < -0.39 is 11.7 Å². The van der Waals surface area contributed by atoms with Gasteiger partial charge in [0, 0.05) is 11.4 Å². The number of aromatic nitrogens is 1. The Balaban J connectivity index is 1.86. The van der Waals surface area contributed by atoms with Crippen molar-refractivity contribution in [2.75, 3.05) is 5.32 Å². The molecule has 0 aliphatic carbocycles. The van der Waals surface area contributed by atoms with Crippen LogP contribution >= 0.6 is 0 Å². The number of nitriles is 1. The highest BCUT2D eigenvalue weighted by molar-refractivity contribution is 6.09. The maximum absolute atomic E-state index is 13.7. The van der Waals surface area contributed by atoms with Crippen LogP contribution in [0.15, 0.2) is 58.7 Å². The molecule has 0 radical (unpaired) electrons. The summed E-state index contributed by atoms with van der Waals surface area (Å²) in [5, 5.41) is 11.8. The fraction of sp³-hybridized carbons (Fsp3) is 0.143. The number of nitrogens with zero attached hydrogens (tertiary/aromatic N) is 2. The molecule has 2 heterocycles. The zero-order chi connectivity index (χ0) is 19.4. The van der Waals surface area contributed by atoms with E-state index in [1.165, 1.54) is 24.3 Å². The number of carbonyl (C=O) groups excluding carboxylic acids is 1. The van der Waals surface area contributed by atoms with E-state index in [0.29, 0.717) is 6.54 Å². The molecule has 0 spiro atoms. The zero-order valence-electron chi connectivity index (χ0n) is 15.0. The third-order valence-electron chi connectivity index (χ3n) is 4.29. The summed E-state index contributed by atoms with van der Waals surface area (Å²) in [6, 6.07) is 13.3. The molecule has 0 aliphatic heterocycles. The summed E-state index contributed by atoms with van der Waals surface area (Å²) in [5.41, 5.74) is 2.56. The van der Waals surface area contributed by atoms with Crippen molar-refractivity contribution in [2.24, 2.45) is 0 Å². The van der Waals surface area contributed by atoms with Crippen molar-refractivity contribution in [1.29, 1.82) is 5.26 Å². The van der Waals surface area contributed by atoms with E-state index in [0.717, 1.165) is 22.7 Å². The first-order chi connectivity index (χ1) is 13.0. The third-order valence-corrected chi connectivity index (χ3v) is 4.29. The number of halogens is 1. The molecule has 3 aromatic rings. The van der Waals surface area contributed by atoms with E-state index in [2.05, 4.69) is 5.32 Å². The Morgan fingerprint density at radius 1 is 1.30 bits per heavy atom. The van der Waals surface area contributed by atoms with Gasteiger partial charge < -0.3 is 14.3 Å². The highest BCUT2D eigenvalue weighted by Gasteiger charge is 2.15. The molecule has 2 aromatic heterocycles. The SMILES string of the molecule is Cc1cc(/C=C(\C#N)C(=O)Nc2ccccc2F)c(C)n1Cc1ccco1. The van der Waals surface area contributed by atoms with Gasteiger partial charge in [0.1, 0.15) is 23.2 Å². The monoisotopic (exact) mass is 363 g/mol. The molecule has 0 fully saturated rings. The Hall–Kier alpha value is -3.59. The number of hydrogen-bond donors (Lipinski definition) is 1. The van der Waals surface area contributed by atoms with E-state index in [9.17, 15) is 14.4 Å². The van der Waals surface area contributed by atoms with Gasteiger partial charge in [-0.2, -0.15) is 5.26 Å². The van der Waals surface area contributed by atoms with Crippen LogP contribution in [-0.4, -0.2) is 10.5 Å². The van der Waals surface area contributed by atoms with Gasteiger partial charge in [0.15, 0.2) is 0 Å². The molecule has 0 unspecified atom stereocenters. The fourth-order valence-corrected chi connectivity index (χ4v) is 2.83. The van der Waals surface area contributed by atoms with Crippen molar-refractivity contribution in [2.45, 2.75) is 20.4 Å². The second-order valence-corrected chi connectivity index (χ2v) is 6.10. The number of anilines is 1. The number of furan rings is 1. The van der Waals surface area contributed by atoms with Gasteiger partial charge in [-0.3, -0.25) is 4.79 Å². The minimum absolute atomic E-state index is 0.0342. The van der Waals surface area contributed by atoms with Crippen molar-refractivity contribution in [3.05, 3.63) is 82.8 Å². The van der Waals surface area contributed by atoms with Gasteiger partial charge in [-0.05, 0) is 55.8 Å². The van der Waals surface area contributed by atoms with Crippen LogP contribution in [0.3, 0.4) is 0 Å². The number of aryl methyl sites for hydroxylation is 1. The fourth-order valence-electron chi connectivity index (χ4n) is 2.83. The molecular formula is C21H18FN3O2. The maximum atomic E-state index is 13.7. The summed E-state index contributed by atoms with van der Waals surface area (Å²) in [4.78, 5) is 12.4. The van der Waals surface area contributed by atoms with Gasteiger partial charge >= 0.3 is 0 Å². The Morgan fingerprint density at radius 2 is 2.07 bits per heavy atom. The number of amides is 1. The van der Waals surface area contributed by atoms with E-state index in [4.69, 9.17) is 4.42 Å². The molecular weight excluding hydrogens is 345 g/mol. The number of nitrogens with one attached hydrogen (secondary N) is 1. The summed E-state index contributed by atoms with van der Waals surface area (Å²) in [5.74, 6) is -0.400. The molecule has 3 rings (SSSR count). The smallest absolute Gasteiger partial charge is 0.266 e. The first-order valence-corrected chi connectivity index (χ1v) is 8.36. The lowest BCUT2D eigenvalue weighted by Crippen LogP contribution is -2.14. The third kappa shape index (κ3) is 3.98. The summed E-state index contributed by atoms with van der Waals surface area (Å²) in [6.07, 6.45) is 3.13. The predicted octanol–water partition coefficient (Wildman–Crippen LogP) is 4.43. The Kier molecular flexibility index (Phi) is 5.23. The lowest BCUT2D eigenvalue weighted by atomic mass is 10.1. The molecule has 1 aromatic carbocycles.